The quantitative estimate of drug-likeness (QED) is 0.601. The molecule has 9 heteroatoms. The lowest BCUT2D eigenvalue weighted by Crippen LogP contribution is -2.14. The molecule has 0 aliphatic carbocycles. The predicted molar refractivity (Wildman–Crippen MR) is 70.2 cm³/mol. The number of carboxylic acids is 1. The molecule has 2 heterocycles. The van der Waals surface area contributed by atoms with E-state index in [0.717, 1.165) is 23.1 Å². The standard InChI is InChI=1S/C10H14N6O2S/c1-3-15-7(4-6(2)14-15)9-12-13-10(16(9)11)19-5-8(17)18/h4H,3,5,11H2,1-2H3,(H,17,18). The normalized spacial score (nSPS) is 10.8. The third-order valence-corrected chi connectivity index (χ3v) is 3.35. The van der Waals surface area contributed by atoms with E-state index in [4.69, 9.17) is 10.9 Å². The van der Waals surface area contributed by atoms with E-state index >= 15 is 0 Å². The molecule has 0 unspecified atom stereocenters. The Morgan fingerprint density at radius 2 is 2.26 bits per heavy atom. The van der Waals surface area contributed by atoms with Crippen LogP contribution >= 0.6 is 11.8 Å². The van der Waals surface area contributed by atoms with Gasteiger partial charge in [0.1, 0.15) is 5.69 Å². The number of nitrogens with two attached hydrogens (primary N) is 1. The van der Waals surface area contributed by atoms with Gasteiger partial charge >= 0.3 is 5.97 Å². The summed E-state index contributed by atoms with van der Waals surface area (Å²) in [5, 5.41) is 21.2. The molecule has 0 spiro atoms. The van der Waals surface area contributed by atoms with Crippen molar-refractivity contribution in [3.63, 3.8) is 0 Å². The fourth-order valence-electron chi connectivity index (χ4n) is 1.64. The third-order valence-electron chi connectivity index (χ3n) is 2.42. The zero-order valence-electron chi connectivity index (χ0n) is 10.6. The molecule has 0 atom stereocenters. The first-order valence-electron chi connectivity index (χ1n) is 5.62. The second-order valence-electron chi connectivity index (χ2n) is 3.85. The molecule has 0 radical (unpaired) electrons. The molecule has 102 valence electrons. The topological polar surface area (TPSA) is 112 Å². The van der Waals surface area contributed by atoms with Crippen LogP contribution in [0, 0.1) is 6.92 Å². The molecular weight excluding hydrogens is 268 g/mol. The van der Waals surface area contributed by atoms with E-state index in [1.807, 2.05) is 19.9 Å². The molecule has 0 aliphatic heterocycles. The molecule has 8 nitrogen and oxygen atoms in total. The Bertz CT molecular complexity index is 605. The van der Waals surface area contributed by atoms with Crippen molar-refractivity contribution >= 4 is 17.7 Å². The zero-order valence-corrected chi connectivity index (χ0v) is 11.4. The average Bonchev–Trinajstić information content (AvgIpc) is 2.89. The van der Waals surface area contributed by atoms with Crippen molar-refractivity contribution in [2.24, 2.45) is 0 Å². The molecule has 0 fully saturated rings. The van der Waals surface area contributed by atoms with Gasteiger partial charge in [-0.3, -0.25) is 9.48 Å². The summed E-state index contributed by atoms with van der Waals surface area (Å²) >= 11 is 1.03. The minimum atomic E-state index is -0.927. The molecule has 2 aromatic rings. The largest absolute Gasteiger partial charge is 0.481 e. The molecule has 2 rings (SSSR count). The number of aromatic nitrogens is 5. The Morgan fingerprint density at radius 3 is 2.89 bits per heavy atom. The highest BCUT2D eigenvalue weighted by atomic mass is 32.2. The molecule has 0 amide bonds. The van der Waals surface area contributed by atoms with Crippen molar-refractivity contribution in [2.75, 3.05) is 11.6 Å². The maximum absolute atomic E-state index is 10.5. The van der Waals surface area contributed by atoms with Crippen molar-refractivity contribution in [2.45, 2.75) is 25.5 Å². The number of carbonyl (C=O) groups is 1. The third kappa shape index (κ3) is 2.70. The lowest BCUT2D eigenvalue weighted by Gasteiger charge is -2.04. The highest BCUT2D eigenvalue weighted by Crippen LogP contribution is 2.22. The molecule has 0 aliphatic rings. The van der Waals surface area contributed by atoms with Gasteiger partial charge in [0.25, 0.3) is 0 Å². The fourth-order valence-corrected chi connectivity index (χ4v) is 2.22. The van der Waals surface area contributed by atoms with Crippen LogP contribution < -0.4 is 5.84 Å². The van der Waals surface area contributed by atoms with Crippen molar-refractivity contribution in [1.82, 2.24) is 24.7 Å². The molecule has 2 aromatic heterocycles. The average molecular weight is 282 g/mol. The highest BCUT2D eigenvalue weighted by Gasteiger charge is 2.17. The molecule has 0 saturated carbocycles. The summed E-state index contributed by atoms with van der Waals surface area (Å²) in [6.45, 7) is 4.54. The van der Waals surface area contributed by atoms with Crippen LogP contribution in [0.15, 0.2) is 11.2 Å². The first kappa shape index (κ1) is 13.4. The Labute approximate surface area is 113 Å². The minimum Gasteiger partial charge on any atom is -0.481 e. The number of nitrogens with zero attached hydrogens (tertiary/aromatic N) is 5. The van der Waals surface area contributed by atoms with Crippen LogP contribution in [0.1, 0.15) is 12.6 Å². The van der Waals surface area contributed by atoms with E-state index in [1.165, 1.54) is 4.68 Å². The Balaban J connectivity index is 2.33. The van der Waals surface area contributed by atoms with Gasteiger partial charge in [-0.1, -0.05) is 11.8 Å². The molecule has 0 bridgehead atoms. The number of thioether (sulfide) groups is 1. The van der Waals surface area contributed by atoms with Crippen LogP contribution in [0.3, 0.4) is 0 Å². The van der Waals surface area contributed by atoms with Crippen LogP contribution in [0.2, 0.25) is 0 Å². The van der Waals surface area contributed by atoms with Crippen molar-refractivity contribution < 1.29 is 9.90 Å². The lowest BCUT2D eigenvalue weighted by molar-refractivity contribution is -0.133. The van der Waals surface area contributed by atoms with E-state index < -0.39 is 5.97 Å². The molecule has 0 aromatic carbocycles. The summed E-state index contributed by atoms with van der Waals surface area (Å²) in [7, 11) is 0. The van der Waals surface area contributed by atoms with Crippen molar-refractivity contribution in [1.29, 1.82) is 0 Å². The molecule has 0 saturated heterocycles. The van der Waals surface area contributed by atoms with Crippen LogP contribution in [0.25, 0.3) is 11.5 Å². The summed E-state index contributed by atoms with van der Waals surface area (Å²) in [6, 6.07) is 1.86. The molecule has 19 heavy (non-hydrogen) atoms. The van der Waals surface area contributed by atoms with Crippen LogP contribution in [0.5, 0.6) is 0 Å². The maximum Gasteiger partial charge on any atom is 0.313 e. The SMILES string of the molecule is CCn1nc(C)cc1-c1nnc(SCC(=O)O)n1N. The van der Waals surface area contributed by atoms with Crippen LogP contribution in [-0.2, 0) is 11.3 Å². The summed E-state index contributed by atoms with van der Waals surface area (Å²) in [6.07, 6.45) is 0. The summed E-state index contributed by atoms with van der Waals surface area (Å²) in [4.78, 5) is 10.5. The van der Waals surface area contributed by atoms with Gasteiger partial charge in [-0.15, -0.1) is 10.2 Å². The molecular formula is C10H14N6O2S. The number of hydrogen-bond acceptors (Lipinski definition) is 6. The summed E-state index contributed by atoms with van der Waals surface area (Å²) in [5.41, 5.74) is 1.62. The van der Waals surface area contributed by atoms with E-state index in [-0.39, 0.29) is 5.75 Å². The first-order chi connectivity index (χ1) is 9.02. The predicted octanol–water partition coefficient (Wildman–Crippen LogP) is 0.360. The number of rotatable bonds is 5. The van der Waals surface area contributed by atoms with Crippen LogP contribution in [0.4, 0.5) is 0 Å². The Kier molecular flexibility index (Phi) is 3.74. The number of hydrogen-bond donors (Lipinski definition) is 2. The number of carboxylic acid groups (broad SMARTS) is 1. The van der Waals surface area contributed by atoms with Crippen molar-refractivity contribution in [3.05, 3.63) is 11.8 Å². The second-order valence-corrected chi connectivity index (χ2v) is 4.79. The fraction of sp³-hybridized carbons (Fsp3) is 0.400. The summed E-state index contributed by atoms with van der Waals surface area (Å²) < 4.78 is 3.06. The van der Waals surface area contributed by atoms with Gasteiger partial charge in [0.15, 0.2) is 0 Å². The number of aliphatic carboxylic acids is 1. The lowest BCUT2D eigenvalue weighted by atomic mass is 10.3. The number of aryl methyl sites for hydroxylation is 2. The highest BCUT2D eigenvalue weighted by molar-refractivity contribution is 7.99. The minimum absolute atomic E-state index is 0.110. The first-order valence-corrected chi connectivity index (χ1v) is 6.61. The van der Waals surface area contributed by atoms with Gasteiger partial charge in [0, 0.05) is 6.54 Å². The van der Waals surface area contributed by atoms with Crippen LogP contribution in [-0.4, -0.2) is 41.5 Å². The zero-order chi connectivity index (χ0) is 14.0. The van der Waals surface area contributed by atoms with Gasteiger partial charge in [-0.05, 0) is 19.9 Å². The Hall–Kier alpha value is -2.03. The van der Waals surface area contributed by atoms with Gasteiger partial charge < -0.3 is 10.9 Å². The van der Waals surface area contributed by atoms with Gasteiger partial charge in [0.05, 0.1) is 11.4 Å². The van der Waals surface area contributed by atoms with Gasteiger partial charge in [0.2, 0.25) is 11.0 Å². The summed E-state index contributed by atoms with van der Waals surface area (Å²) in [5.74, 6) is 5.32. The maximum atomic E-state index is 10.5. The Morgan fingerprint density at radius 1 is 1.53 bits per heavy atom. The van der Waals surface area contributed by atoms with E-state index in [2.05, 4.69) is 15.3 Å². The molecule has 3 N–H and O–H groups in total. The van der Waals surface area contributed by atoms with Gasteiger partial charge in [-0.2, -0.15) is 5.10 Å². The van der Waals surface area contributed by atoms with E-state index in [0.29, 0.717) is 17.5 Å². The monoisotopic (exact) mass is 282 g/mol. The second kappa shape index (κ2) is 5.31. The van der Waals surface area contributed by atoms with E-state index in [1.54, 1.807) is 4.68 Å². The van der Waals surface area contributed by atoms with E-state index in [9.17, 15) is 4.79 Å². The van der Waals surface area contributed by atoms with Crippen molar-refractivity contribution in [3.8, 4) is 11.5 Å². The van der Waals surface area contributed by atoms with Gasteiger partial charge in [-0.25, -0.2) is 4.68 Å². The number of nitrogen functional groups attached to an aromatic ring is 1. The smallest absolute Gasteiger partial charge is 0.313 e.